The van der Waals surface area contributed by atoms with Crippen molar-refractivity contribution in [3.63, 3.8) is 0 Å². The lowest BCUT2D eigenvalue weighted by molar-refractivity contribution is -0.147. The molecule has 0 saturated heterocycles. The minimum Gasteiger partial charge on any atom is -0.497 e. The fraction of sp³-hybridized carbons (Fsp3) is 0.333. The molecule has 150 valence electrons. The second-order valence-electron chi connectivity index (χ2n) is 6.67. The largest absolute Gasteiger partial charge is 0.497 e. The molecule has 0 spiro atoms. The van der Waals surface area contributed by atoms with Crippen LogP contribution in [0.3, 0.4) is 0 Å². The van der Waals surface area contributed by atoms with Crippen LogP contribution in [0, 0.1) is 0 Å². The minimum atomic E-state index is -1.14. The zero-order valence-corrected chi connectivity index (χ0v) is 17.2. The Balaban J connectivity index is 2.02. The monoisotopic (exact) mass is 404 g/mol. The predicted octanol–water partition coefficient (Wildman–Crippen LogP) is 3.99. The van der Waals surface area contributed by atoms with E-state index in [1.165, 1.54) is 4.90 Å². The Labute approximate surface area is 170 Å². The van der Waals surface area contributed by atoms with Crippen LogP contribution < -0.4 is 14.8 Å². The smallest absolute Gasteiger partial charge is 0.266 e. The highest BCUT2D eigenvalue weighted by Crippen LogP contribution is 2.22. The molecule has 2 aromatic rings. The fourth-order valence-electron chi connectivity index (χ4n) is 2.62. The number of nitrogens with zero attached hydrogens (tertiary/aromatic N) is 1. The first-order valence-electron chi connectivity index (χ1n) is 8.93. The van der Waals surface area contributed by atoms with E-state index in [0.717, 1.165) is 0 Å². The van der Waals surface area contributed by atoms with E-state index >= 15 is 0 Å². The van der Waals surface area contributed by atoms with Gasteiger partial charge in [0.05, 0.1) is 13.7 Å². The van der Waals surface area contributed by atoms with Gasteiger partial charge in [-0.25, -0.2) is 0 Å². The molecule has 0 radical (unpaired) electrons. The first-order chi connectivity index (χ1) is 13.2. The van der Waals surface area contributed by atoms with Gasteiger partial charge < -0.3 is 19.7 Å². The fourth-order valence-corrected chi connectivity index (χ4v) is 2.75. The number of likely N-dealkylation sites (N-methyl/N-ethyl adjacent to an activating group) is 1. The summed E-state index contributed by atoms with van der Waals surface area (Å²) in [6.07, 6.45) is 0. The average Bonchev–Trinajstić information content (AvgIpc) is 2.67. The number of nitrogens with one attached hydrogen (secondary N) is 1. The summed E-state index contributed by atoms with van der Waals surface area (Å²) >= 11 is 5.88. The lowest BCUT2D eigenvalue weighted by Gasteiger charge is -2.31. The Kier molecular flexibility index (Phi) is 7.29. The zero-order chi connectivity index (χ0) is 20.7. The number of carbonyl (C=O) groups is 2. The molecule has 0 aliphatic rings. The van der Waals surface area contributed by atoms with E-state index in [-0.39, 0.29) is 18.4 Å². The van der Waals surface area contributed by atoms with E-state index in [1.54, 1.807) is 69.5 Å². The molecular formula is C21H25ClN2O4. The molecule has 1 N–H and O–H groups in total. The van der Waals surface area contributed by atoms with E-state index in [9.17, 15) is 9.59 Å². The van der Waals surface area contributed by atoms with Crippen LogP contribution in [0.1, 0.15) is 20.8 Å². The van der Waals surface area contributed by atoms with E-state index in [4.69, 9.17) is 21.1 Å². The Morgan fingerprint density at radius 1 is 1.11 bits per heavy atom. The molecule has 28 heavy (non-hydrogen) atoms. The van der Waals surface area contributed by atoms with Crippen LogP contribution in [0.2, 0.25) is 5.02 Å². The Morgan fingerprint density at radius 3 is 2.39 bits per heavy atom. The first-order valence-corrected chi connectivity index (χ1v) is 9.31. The summed E-state index contributed by atoms with van der Waals surface area (Å²) in [7, 11) is 1.56. The molecular weight excluding hydrogens is 380 g/mol. The predicted molar refractivity (Wildman–Crippen MR) is 110 cm³/mol. The van der Waals surface area contributed by atoms with E-state index in [0.29, 0.717) is 28.8 Å². The van der Waals surface area contributed by atoms with Crippen molar-refractivity contribution in [1.29, 1.82) is 0 Å². The number of anilines is 1. The summed E-state index contributed by atoms with van der Waals surface area (Å²) in [6, 6.07) is 13.8. The number of hydrogen-bond donors (Lipinski definition) is 1. The second-order valence-corrected chi connectivity index (χ2v) is 7.10. The number of methoxy groups -OCH3 is 1. The Hall–Kier alpha value is -2.73. The molecule has 7 heteroatoms. The molecule has 0 aliphatic carbocycles. The standard InChI is InChI=1S/C21H25ClN2O4/c1-5-24(14-19(25)23-16-7-6-8-18(13-16)27-4)20(26)21(2,3)28-17-11-9-15(22)10-12-17/h6-13H,5,14H2,1-4H3,(H,23,25). The summed E-state index contributed by atoms with van der Waals surface area (Å²) in [5.74, 6) is 0.579. The third-order valence-corrected chi connectivity index (χ3v) is 4.31. The maximum absolute atomic E-state index is 12.9. The maximum atomic E-state index is 12.9. The zero-order valence-electron chi connectivity index (χ0n) is 16.5. The lowest BCUT2D eigenvalue weighted by atomic mass is 10.1. The van der Waals surface area contributed by atoms with Crippen molar-refractivity contribution in [2.75, 3.05) is 25.5 Å². The molecule has 0 aliphatic heterocycles. The van der Waals surface area contributed by atoms with Crippen LogP contribution in [0.15, 0.2) is 48.5 Å². The molecule has 0 unspecified atom stereocenters. The number of halogens is 1. The van der Waals surface area contributed by atoms with Crippen molar-refractivity contribution in [1.82, 2.24) is 4.90 Å². The van der Waals surface area contributed by atoms with Gasteiger partial charge in [0, 0.05) is 23.3 Å². The van der Waals surface area contributed by atoms with Gasteiger partial charge in [-0.05, 0) is 57.2 Å². The highest BCUT2D eigenvalue weighted by molar-refractivity contribution is 6.30. The van der Waals surface area contributed by atoms with Gasteiger partial charge in [-0.2, -0.15) is 0 Å². The average molecular weight is 405 g/mol. The number of benzene rings is 2. The van der Waals surface area contributed by atoms with Crippen LogP contribution in [-0.2, 0) is 9.59 Å². The summed E-state index contributed by atoms with van der Waals surface area (Å²) in [6.45, 7) is 5.45. The number of ether oxygens (including phenoxy) is 2. The molecule has 0 saturated carbocycles. The molecule has 2 rings (SSSR count). The van der Waals surface area contributed by atoms with Crippen LogP contribution >= 0.6 is 11.6 Å². The molecule has 2 amide bonds. The molecule has 0 bridgehead atoms. The molecule has 0 heterocycles. The highest BCUT2D eigenvalue weighted by Gasteiger charge is 2.34. The van der Waals surface area contributed by atoms with E-state index in [1.807, 2.05) is 6.92 Å². The third-order valence-electron chi connectivity index (χ3n) is 4.06. The van der Waals surface area contributed by atoms with Gasteiger partial charge in [0.25, 0.3) is 5.91 Å². The molecule has 0 fully saturated rings. The minimum absolute atomic E-state index is 0.0834. The molecule has 2 aromatic carbocycles. The van der Waals surface area contributed by atoms with Crippen LogP contribution in [-0.4, -0.2) is 42.5 Å². The summed E-state index contributed by atoms with van der Waals surface area (Å²) in [4.78, 5) is 26.8. The van der Waals surface area contributed by atoms with Crippen molar-refractivity contribution >= 4 is 29.1 Å². The quantitative estimate of drug-likeness (QED) is 0.722. The second kappa shape index (κ2) is 9.46. The molecule has 0 aromatic heterocycles. The van der Waals surface area contributed by atoms with Gasteiger partial charge in [-0.3, -0.25) is 9.59 Å². The highest BCUT2D eigenvalue weighted by atomic mass is 35.5. The number of rotatable bonds is 8. The van der Waals surface area contributed by atoms with Crippen LogP contribution in [0.25, 0.3) is 0 Å². The van der Waals surface area contributed by atoms with Crippen LogP contribution in [0.4, 0.5) is 5.69 Å². The van der Waals surface area contributed by atoms with Crippen molar-refractivity contribution in [3.8, 4) is 11.5 Å². The van der Waals surface area contributed by atoms with Gasteiger partial charge in [-0.15, -0.1) is 0 Å². The lowest BCUT2D eigenvalue weighted by Crippen LogP contribution is -2.50. The summed E-state index contributed by atoms with van der Waals surface area (Å²) in [5.41, 5.74) is -0.537. The summed E-state index contributed by atoms with van der Waals surface area (Å²) in [5, 5.41) is 3.36. The van der Waals surface area contributed by atoms with Crippen molar-refractivity contribution in [3.05, 3.63) is 53.6 Å². The third kappa shape index (κ3) is 5.89. The summed E-state index contributed by atoms with van der Waals surface area (Å²) < 4.78 is 11.0. The van der Waals surface area contributed by atoms with E-state index in [2.05, 4.69) is 5.32 Å². The van der Waals surface area contributed by atoms with Crippen molar-refractivity contribution < 1.29 is 19.1 Å². The van der Waals surface area contributed by atoms with E-state index < -0.39 is 5.60 Å². The molecule has 6 nitrogen and oxygen atoms in total. The topological polar surface area (TPSA) is 67.9 Å². The normalized spacial score (nSPS) is 10.9. The first kappa shape index (κ1) is 21.6. The Bertz CT molecular complexity index is 821. The Morgan fingerprint density at radius 2 is 1.79 bits per heavy atom. The van der Waals surface area contributed by atoms with Crippen molar-refractivity contribution in [2.24, 2.45) is 0 Å². The van der Waals surface area contributed by atoms with Crippen molar-refractivity contribution in [2.45, 2.75) is 26.4 Å². The molecule has 0 atom stereocenters. The number of amides is 2. The maximum Gasteiger partial charge on any atom is 0.266 e. The number of hydrogen-bond acceptors (Lipinski definition) is 4. The van der Waals surface area contributed by atoms with Gasteiger partial charge in [0.15, 0.2) is 5.60 Å². The SMILES string of the molecule is CCN(CC(=O)Nc1cccc(OC)c1)C(=O)C(C)(C)Oc1ccc(Cl)cc1. The number of carbonyl (C=O) groups excluding carboxylic acids is 2. The van der Waals surface area contributed by atoms with Gasteiger partial charge in [-0.1, -0.05) is 17.7 Å². The van der Waals surface area contributed by atoms with Gasteiger partial charge >= 0.3 is 0 Å². The van der Waals surface area contributed by atoms with Gasteiger partial charge in [0.1, 0.15) is 11.5 Å². The van der Waals surface area contributed by atoms with Crippen LogP contribution in [0.5, 0.6) is 11.5 Å². The van der Waals surface area contributed by atoms with Gasteiger partial charge in [0.2, 0.25) is 5.91 Å².